The summed E-state index contributed by atoms with van der Waals surface area (Å²) in [6.45, 7) is 5.90. The largest absolute Gasteiger partial charge is 0.496 e. The van der Waals surface area contributed by atoms with E-state index in [1.54, 1.807) is 44.1 Å². The van der Waals surface area contributed by atoms with Gasteiger partial charge in [0.25, 0.3) is 0 Å². The fourth-order valence-electron chi connectivity index (χ4n) is 3.94. The summed E-state index contributed by atoms with van der Waals surface area (Å²) in [6.07, 6.45) is 1.46. The molecular formula is C24H31N3O5S. The number of ether oxygens (including phenoxy) is 1. The third-order valence-electron chi connectivity index (χ3n) is 5.74. The Kier molecular flexibility index (Phi) is 7.76. The number of nitrogens with one attached hydrogen (secondary N) is 2. The second-order valence-corrected chi connectivity index (χ2v) is 10.2. The van der Waals surface area contributed by atoms with E-state index in [4.69, 9.17) is 4.74 Å². The van der Waals surface area contributed by atoms with E-state index < -0.39 is 22.0 Å². The van der Waals surface area contributed by atoms with Crippen LogP contribution < -0.4 is 19.7 Å². The first kappa shape index (κ1) is 24.7. The number of para-hydroxylation sites is 1. The molecule has 2 aromatic carbocycles. The van der Waals surface area contributed by atoms with Gasteiger partial charge in [0, 0.05) is 31.3 Å². The van der Waals surface area contributed by atoms with Gasteiger partial charge in [-0.15, -0.1) is 0 Å². The first-order valence-electron chi connectivity index (χ1n) is 11.0. The molecule has 33 heavy (non-hydrogen) atoms. The standard InChI is InChI=1S/C24H31N3O5S/c1-16(2)23(24(29)25-15-19-8-5-6-10-22(19)32-4)26-33(30,31)20-11-12-21-18(14-20)9-7-13-27(21)17(3)28/h5-6,8,10-12,14,16,23,26H,7,9,13,15H2,1-4H3,(H,25,29). The number of anilines is 1. The molecule has 0 bridgehead atoms. The van der Waals surface area contributed by atoms with Crippen molar-refractivity contribution in [1.82, 2.24) is 10.0 Å². The topological polar surface area (TPSA) is 105 Å². The number of fused-ring (bicyclic) bond motifs is 1. The highest BCUT2D eigenvalue weighted by Gasteiger charge is 2.29. The molecule has 0 radical (unpaired) electrons. The van der Waals surface area contributed by atoms with Crippen molar-refractivity contribution in [3.63, 3.8) is 0 Å². The van der Waals surface area contributed by atoms with Gasteiger partial charge < -0.3 is 15.0 Å². The fourth-order valence-corrected chi connectivity index (χ4v) is 5.33. The normalized spacial score (nSPS) is 14.5. The summed E-state index contributed by atoms with van der Waals surface area (Å²) in [5.74, 6) is -0.118. The van der Waals surface area contributed by atoms with Gasteiger partial charge in [-0.25, -0.2) is 8.42 Å². The zero-order valence-corrected chi connectivity index (χ0v) is 20.2. The van der Waals surface area contributed by atoms with E-state index >= 15 is 0 Å². The monoisotopic (exact) mass is 473 g/mol. The average molecular weight is 474 g/mol. The molecule has 0 saturated carbocycles. The van der Waals surface area contributed by atoms with Crippen molar-refractivity contribution in [2.45, 2.75) is 51.1 Å². The molecule has 1 unspecified atom stereocenters. The lowest BCUT2D eigenvalue weighted by molar-refractivity contribution is -0.123. The molecule has 1 atom stereocenters. The number of nitrogens with zero attached hydrogens (tertiary/aromatic N) is 1. The molecule has 0 aromatic heterocycles. The van der Waals surface area contributed by atoms with Crippen molar-refractivity contribution in [3.8, 4) is 5.75 Å². The van der Waals surface area contributed by atoms with E-state index in [0.29, 0.717) is 18.7 Å². The minimum absolute atomic E-state index is 0.0729. The molecule has 2 aromatic rings. The summed E-state index contributed by atoms with van der Waals surface area (Å²) >= 11 is 0. The first-order chi connectivity index (χ1) is 15.6. The fraction of sp³-hybridized carbons (Fsp3) is 0.417. The van der Waals surface area contributed by atoms with Gasteiger partial charge in [0.1, 0.15) is 11.8 Å². The number of carbonyl (C=O) groups excluding carboxylic acids is 2. The van der Waals surface area contributed by atoms with Crippen LogP contribution in [0.3, 0.4) is 0 Å². The molecule has 0 aliphatic carbocycles. The van der Waals surface area contributed by atoms with Crippen LogP contribution in [0.4, 0.5) is 5.69 Å². The van der Waals surface area contributed by atoms with Gasteiger partial charge in [-0.1, -0.05) is 32.0 Å². The highest BCUT2D eigenvalue weighted by molar-refractivity contribution is 7.89. The second kappa shape index (κ2) is 10.4. The summed E-state index contributed by atoms with van der Waals surface area (Å²) in [5.41, 5.74) is 2.34. The molecule has 9 heteroatoms. The van der Waals surface area contributed by atoms with E-state index in [9.17, 15) is 18.0 Å². The van der Waals surface area contributed by atoms with Gasteiger partial charge in [0.05, 0.1) is 12.0 Å². The maximum absolute atomic E-state index is 13.1. The number of sulfonamides is 1. The third kappa shape index (κ3) is 5.72. The zero-order chi connectivity index (χ0) is 24.2. The lowest BCUT2D eigenvalue weighted by Gasteiger charge is -2.29. The van der Waals surface area contributed by atoms with Gasteiger partial charge in [0.2, 0.25) is 21.8 Å². The van der Waals surface area contributed by atoms with Crippen molar-refractivity contribution in [2.24, 2.45) is 5.92 Å². The molecular weight excluding hydrogens is 442 g/mol. The molecule has 178 valence electrons. The molecule has 0 saturated heterocycles. The Balaban J connectivity index is 1.77. The Labute approximate surface area is 195 Å². The Hall–Kier alpha value is -2.91. The molecule has 0 fully saturated rings. The van der Waals surface area contributed by atoms with Crippen molar-refractivity contribution >= 4 is 27.5 Å². The van der Waals surface area contributed by atoms with Crippen molar-refractivity contribution in [1.29, 1.82) is 0 Å². The molecule has 8 nitrogen and oxygen atoms in total. The third-order valence-corrected chi connectivity index (χ3v) is 7.18. The predicted octanol–water partition coefficient (Wildman–Crippen LogP) is 2.61. The van der Waals surface area contributed by atoms with E-state index in [0.717, 1.165) is 23.2 Å². The second-order valence-electron chi connectivity index (χ2n) is 8.44. The first-order valence-corrected chi connectivity index (χ1v) is 12.5. The predicted molar refractivity (Wildman–Crippen MR) is 127 cm³/mol. The van der Waals surface area contributed by atoms with Gasteiger partial charge in [-0.05, 0) is 48.6 Å². The van der Waals surface area contributed by atoms with Crippen LogP contribution in [-0.2, 0) is 32.6 Å². The van der Waals surface area contributed by atoms with E-state index in [-0.39, 0.29) is 23.3 Å². The van der Waals surface area contributed by atoms with Gasteiger partial charge >= 0.3 is 0 Å². The van der Waals surface area contributed by atoms with Crippen LogP contribution >= 0.6 is 0 Å². The number of hydrogen-bond donors (Lipinski definition) is 2. The minimum Gasteiger partial charge on any atom is -0.496 e. The lowest BCUT2D eigenvalue weighted by atomic mass is 10.0. The summed E-state index contributed by atoms with van der Waals surface area (Å²) in [4.78, 5) is 26.5. The number of hydrogen-bond acceptors (Lipinski definition) is 5. The minimum atomic E-state index is -3.96. The Morgan fingerprint density at radius 2 is 1.88 bits per heavy atom. The number of benzene rings is 2. The van der Waals surface area contributed by atoms with Crippen molar-refractivity contribution in [2.75, 3.05) is 18.6 Å². The summed E-state index contributed by atoms with van der Waals surface area (Å²) in [7, 11) is -2.40. The highest BCUT2D eigenvalue weighted by atomic mass is 32.2. The van der Waals surface area contributed by atoms with Crippen LogP contribution in [0.5, 0.6) is 5.75 Å². The zero-order valence-electron chi connectivity index (χ0n) is 19.4. The van der Waals surface area contributed by atoms with E-state index in [2.05, 4.69) is 10.0 Å². The van der Waals surface area contributed by atoms with E-state index in [1.807, 2.05) is 18.2 Å². The maximum Gasteiger partial charge on any atom is 0.241 e. The molecule has 1 aliphatic heterocycles. The van der Waals surface area contributed by atoms with Gasteiger partial charge in [-0.3, -0.25) is 9.59 Å². The van der Waals surface area contributed by atoms with Crippen LogP contribution in [0.1, 0.15) is 38.3 Å². The van der Waals surface area contributed by atoms with Crippen LogP contribution in [-0.4, -0.2) is 39.9 Å². The average Bonchev–Trinajstić information content (AvgIpc) is 2.80. The highest BCUT2D eigenvalue weighted by Crippen LogP contribution is 2.29. The van der Waals surface area contributed by atoms with E-state index in [1.165, 1.54) is 13.0 Å². The lowest BCUT2D eigenvalue weighted by Crippen LogP contribution is -2.49. The molecule has 2 amide bonds. The summed E-state index contributed by atoms with van der Waals surface area (Å²) in [6, 6.07) is 11.1. The van der Waals surface area contributed by atoms with Crippen LogP contribution in [0.25, 0.3) is 0 Å². The summed E-state index contributed by atoms with van der Waals surface area (Å²) in [5, 5.41) is 2.81. The van der Waals surface area contributed by atoms with Crippen molar-refractivity contribution < 1.29 is 22.7 Å². The molecule has 1 aliphatic rings. The van der Waals surface area contributed by atoms with Gasteiger partial charge in [-0.2, -0.15) is 4.72 Å². The Morgan fingerprint density at radius 3 is 2.55 bits per heavy atom. The van der Waals surface area contributed by atoms with Crippen LogP contribution in [0, 0.1) is 5.92 Å². The molecule has 2 N–H and O–H groups in total. The smallest absolute Gasteiger partial charge is 0.241 e. The molecule has 1 heterocycles. The molecule has 3 rings (SSSR count). The van der Waals surface area contributed by atoms with Crippen molar-refractivity contribution in [3.05, 3.63) is 53.6 Å². The Bertz CT molecular complexity index is 1130. The summed E-state index contributed by atoms with van der Waals surface area (Å²) < 4.78 is 34.1. The maximum atomic E-state index is 13.1. The van der Waals surface area contributed by atoms with Gasteiger partial charge in [0.15, 0.2) is 0 Å². The number of rotatable bonds is 8. The SMILES string of the molecule is COc1ccccc1CNC(=O)C(NS(=O)(=O)c1ccc2c(c1)CCCN2C(C)=O)C(C)C. The number of amides is 2. The number of carbonyl (C=O) groups is 2. The quantitative estimate of drug-likeness (QED) is 0.613. The van der Waals surface area contributed by atoms with Crippen LogP contribution in [0.15, 0.2) is 47.4 Å². The number of methoxy groups -OCH3 is 1. The number of aryl methyl sites for hydroxylation is 1. The Morgan fingerprint density at radius 1 is 1.15 bits per heavy atom. The molecule has 0 spiro atoms. The van der Waals surface area contributed by atoms with Crippen LogP contribution in [0.2, 0.25) is 0 Å².